The van der Waals surface area contributed by atoms with Gasteiger partial charge in [-0.1, -0.05) is 18.2 Å². The molecule has 1 atom stereocenters. The third kappa shape index (κ3) is 2.68. The molecule has 2 nitrogen and oxygen atoms in total. The first kappa shape index (κ1) is 14.5. The van der Waals surface area contributed by atoms with Gasteiger partial charge >= 0.3 is 0 Å². The second-order valence-corrected chi connectivity index (χ2v) is 5.11. The quantitative estimate of drug-likeness (QED) is 0.921. The van der Waals surface area contributed by atoms with Crippen molar-refractivity contribution >= 4 is 0 Å². The molecule has 106 valence electrons. The predicted octanol–water partition coefficient (Wildman–Crippen LogP) is 3.84. The highest BCUT2D eigenvalue weighted by molar-refractivity contribution is 5.47. The first-order chi connectivity index (χ1) is 9.43. The molecule has 2 rings (SSSR count). The Labute approximate surface area is 118 Å². The monoisotopic (exact) mass is 274 g/mol. The zero-order valence-electron chi connectivity index (χ0n) is 12.2. The van der Waals surface area contributed by atoms with Crippen molar-refractivity contribution in [2.75, 3.05) is 7.11 Å². The Balaban J connectivity index is 2.52. The van der Waals surface area contributed by atoms with E-state index in [1.165, 1.54) is 6.07 Å². The maximum absolute atomic E-state index is 13.7. The normalized spacial score (nSPS) is 12.3. The summed E-state index contributed by atoms with van der Waals surface area (Å²) in [6, 6.07) is 8.63. The van der Waals surface area contributed by atoms with Crippen molar-refractivity contribution < 1.29 is 14.2 Å². The third-order valence-electron chi connectivity index (χ3n) is 3.50. The number of aliphatic hydroxyl groups excluding tert-OH is 1. The van der Waals surface area contributed by atoms with E-state index in [9.17, 15) is 9.50 Å². The fourth-order valence-corrected chi connectivity index (χ4v) is 2.40. The van der Waals surface area contributed by atoms with Crippen LogP contribution in [0.25, 0.3) is 0 Å². The van der Waals surface area contributed by atoms with Crippen LogP contribution >= 0.6 is 0 Å². The van der Waals surface area contributed by atoms with E-state index in [2.05, 4.69) is 0 Å². The molecule has 1 N–H and O–H groups in total. The first-order valence-corrected chi connectivity index (χ1v) is 6.53. The van der Waals surface area contributed by atoms with Gasteiger partial charge in [-0.05, 0) is 55.2 Å². The van der Waals surface area contributed by atoms with E-state index in [4.69, 9.17) is 4.74 Å². The van der Waals surface area contributed by atoms with Crippen LogP contribution in [-0.4, -0.2) is 12.2 Å². The van der Waals surface area contributed by atoms with Crippen molar-refractivity contribution in [1.82, 2.24) is 0 Å². The van der Waals surface area contributed by atoms with Crippen LogP contribution in [0.15, 0.2) is 30.3 Å². The Morgan fingerprint density at radius 1 is 1.05 bits per heavy atom. The van der Waals surface area contributed by atoms with E-state index < -0.39 is 6.10 Å². The maximum Gasteiger partial charge on any atom is 0.126 e. The van der Waals surface area contributed by atoms with Gasteiger partial charge in [-0.2, -0.15) is 0 Å². The molecule has 2 aromatic rings. The summed E-state index contributed by atoms with van der Waals surface area (Å²) in [5, 5.41) is 10.5. The van der Waals surface area contributed by atoms with Gasteiger partial charge < -0.3 is 9.84 Å². The molecule has 0 radical (unpaired) electrons. The van der Waals surface area contributed by atoms with Gasteiger partial charge in [0.2, 0.25) is 0 Å². The van der Waals surface area contributed by atoms with Gasteiger partial charge in [0.15, 0.2) is 0 Å². The van der Waals surface area contributed by atoms with E-state index in [1.54, 1.807) is 26.2 Å². The smallest absolute Gasteiger partial charge is 0.126 e. The van der Waals surface area contributed by atoms with Gasteiger partial charge in [-0.25, -0.2) is 4.39 Å². The van der Waals surface area contributed by atoms with Crippen molar-refractivity contribution in [2.45, 2.75) is 26.9 Å². The third-order valence-corrected chi connectivity index (χ3v) is 3.50. The molecule has 0 aliphatic carbocycles. The summed E-state index contributed by atoms with van der Waals surface area (Å²) in [5.74, 6) is 0.307. The molecule has 0 heterocycles. The summed E-state index contributed by atoms with van der Waals surface area (Å²) >= 11 is 0. The highest BCUT2D eigenvalue weighted by Crippen LogP contribution is 2.34. The lowest BCUT2D eigenvalue weighted by Crippen LogP contribution is -2.06. The number of methoxy groups -OCH3 is 1. The minimum absolute atomic E-state index is 0.315. The molecule has 3 heteroatoms. The number of benzene rings is 2. The van der Waals surface area contributed by atoms with E-state index in [-0.39, 0.29) is 5.82 Å². The maximum atomic E-state index is 13.7. The summed E-state index contributed by atoms with van der Waals surface area (Å²) in [4.78, 5) is 0. The molecule has 0 aliphatic rings. The van der Waals surface area contributed by atoms with Gasteiger partial charge in [0.25, 0.3) is 0 Å². The highest BCUT2D eigenvalue weighted by Gasteiger charge is 2.19. The molecule has 0 bridgehead atoms. The molecular formula is C17H19FO2. The molecule has 1 unspecified atom stereocenters. The van der Waals surface area contributed by atoms with E-state index in [1.807, 2.05) is 26.0 Å². The Morgan fingerprint density at radius 3 is 2.35 bits per heavy atom. The topological polar surface area (TPSA) is 29.5 Å². The minimum Gasteiger partial charge on any atom is -0.496 e. The van der Waals surface area contributed by atoms with E-state index in [0.717, 1.165) is 11.1 Å². The van der Waals surface area contributed by atoms with Crippen molar-refractivity contribution in [3.05, 3.63) is 64.0 Å². The minimum atomic E-state index is -0.902. The van der Waals surface area contributed by atoms with Crippen molar-refractivity contribution in [3.63, 3.8) is 0 Å². The summed E-state index contributed by atoms with van der Waals surface area (Å²) in [7, 11) is 1.57. The number of ether oxygens (including phenoxy) is 1. The number of halogens is 1. The van der Waals surface area contributed by atoms with Crippen LogP contribution in [0.5, 0.6) is 5.75 Å². The van der Waals surface area contributed by atoms with Crippen LogP contribution < -0.4 is 4.74 Å². The van der Waals surface area contributed by atoms with Crippen LogP contribution in [0.4, 0.5) is 4.39 Å². The van der Waals surface area contributed by atoms with Gasteiger partial charge in [0, 0.05) is 5.56 Å². The zero-order chi connectivity index (χ0) is 14.9. The first-order valence-electron chi connectivity index (χ1n) is 6.53. The largest absolute Gasteiger partial charge is 0.496 e. The number of hydrogen-bond acceptors (Lipinski definition) is 2. The second kappa shape index (κ2) is 5.63. The van der Waals surface area contributed by atoms with Crippen LogP contribution in [0, 0.1) is 26.6 Å². The fraction of sp³-hybridized carbons (Fsp3) is 0.294. The molecule has 0 saturated heterocycles. The summed E-state index contributed by atoms with van der Waals surface area (Å²) in [6.07, 6.45) is -0.902. The van der Waals surface area contributed by atoms with Gasteiger partial charge in [-0.15, -0.1) is 0 Å². The molecule has 0 fully saturated rings. The number of aryl methyl sites for hydroxylation is 3. The summed E-state index contributed by atoms with van der Waals surface area (Å²) in [5.41, 5.74) is 3.76. The van der Waals surface area contributed by atoms with Gasteiger partial charge in [-0.3, -0.25) is 0 Å². The molecular weight excluding hydrogens is 255 g/mol. The Bertz CT molecular complexity index is 635. The Kier molecular flexibility index (Phi) is 4.09. The van der Waals surface area contributed by atoms with Crippen LogP contribution in [-0.2, 0) is 0 Å². The molecule has 0 amide bonds. The van der Waals surface area contributed by atoms with Crippen LogP contribution in [0.2, 0.25) is 0 Å². The Hall–Kier alpha value is -1.87. The van der Waals surface area contributed by atoms with Gasteiger partial charge in [0.1, 0.15) is 17.7 Å². The molecule has 0 aliphatic heterocycles. The van der Waals surface area contributed by atoms with Crippen molar-refractivity contribution in [1.29, 1.82) is 0 Å². The van der Waals surface area contributed by atoms with Gasteiger partial charge in [0.05, 0.1) is 7.11 Å². The molecule has 0 saturated carbocycles. The predicted molar refractivity (Wildman–Crippen MR) is 77.7 cm³/mol. The average Bonchev–Trinajstić information content (AvgIpc) is 2.40. The average molecular weight is 274 g/mol. The van der Waals surface area contributed by atoms with Crippen molar-refractivity contribution in [3.8, 4) is 5.75 Å². The fourth-order valence-electron chi connectivity index (χ4n) is 2.40. The lowest BCUT2D eigenvalue weighted by Gasteiger charge is -2.19. The highest BCUT2D eigenvalue weighted by atomic mass is 19.1. The van der Waals surface area contributed by atoms with Crippen molar-refractivity contribution in [2.24, 2.45) is 0 Å². The molecule has 20 heavy (non-hydrogen) atoms. The van der Waals surface area contributed by atoms with E-state index in [0.29, 0.717) is 22.4 Å². The van der Waals surface area contributed by atoms with Crippen LogP contribution in [0.3, 0.4) is 0 Å². The number of aliphatic hydroxyl groups is 1. The van der Waals surface area contributed by atoms with Crippen LogP contribution in [0.1, 0.15) is 33.9 Å². The standard InChI is InChI=1S/C17H19FO2/c1-10-7-12(3)16(15(8-10)20-4)17(19)13-6-5-11(2)14(18)9-13/h5-9,17,19H,1-4H3. The number of rotatable bonds is 3. The SMILES string of the molecule is COc1cc(C)cc(C)c1C(O)c1ccc(C)c(F)c1. The second-order valence-electron chi connectivity index (χ2n) is 5.11. The summed E-state index contributed by atoms with van der Waals surface area (Å²) < 4.78 is 19.0. The lowest BCUT2D eigenvalue weighted by molar-refractivity contribution is 0.213. The van der Waals surface area contributed by atoms with E-state index >= 15 is 0 Å². The molecule has 0 aromatic heterocycles. The molecule has 2 aromatic carbocycles. The number of hydrogen-bond donors (Lipinski definition) is 1. The summed E-state index contributed by atoms with van der Waals surface area (Å²) in [6.45, 7) is 5.58. The molecule has 0 spiro atoms. The lowest BCUT2D eigenvalue weighted by atomic mass is 9.94. The Morgan fingerprint density at radius 2 is 1.75 bits per heavy atom. The zero-order valence-corrected chi connectivity index (χ0v) is 12.2.